The van der Waals surface area contributed by atoms with E-state index in [2.05, 4.69) is 34.9 Å². The fraction of sp³-hybridized carbons (Fsp3) is 0.481. The van der Waals surface area contributed by atoms with Gasteiger partial charge in [0, 0.05) is 24.9 Å². The summed E-state index contributed by atoms with van der Waals surface area (Å²) >= 11 is 0. The molecule has 4 rings (SSSR count). The fourth-order valence-electron chi connectivity index (χ4n) is 4.57. The van der Waals surface area contributed by atoms with E-state index >= 15 is 0 Å². The predicted octanol–water partition coefficient (Wildman–Crippen LogP) is 4.78. The molecule has 164 valence electrons. The molecule has 0 bridgehead atoms. The first kappa shape index (κ1) is 21.6. The lowest BCUT2D eigenvalue weighted by molar-refractivity contribution is -0.123. The van der Waals surface area contributed by atoms with E-state index < -0.39 is 0 Å². The molecule has 2 N–H and O–H groups in total. The van der Waals surface area contributed by atoms with E-state index in [-0.39, 0.29) is 23.7 Å². The first-order chi connectivity index (χ1) is 15.2. The van der Waals surface area contributed by atoms with Crippen LogP contribution in [0, 0.1) is 11.8 Å². The normalized spacial score (nSPS) is 23.7. The minimum atomic E-state index is 0.166. The molecule has 2 aromatic rings. The van der Waals surface area contributed by atoms with Gasteiger partial charge in [0.25, 0.3) is 0 Å². The van der Waals surface area contributed by atoms with Crippen molar-refractivity contribution in [2.45, 2.75) is 56.8 Å². The Bertz CT molecular complexity index is 781. The van der Waals surface area contributed by atoms with Gasteiger partial charge in [-0.15, -0.1) is 0 Å². The van der Waals surface area contributed by atoms with Gasteiger partial charge in [-0.3, -0.25) is 9.59 Å². The molecule has 2 fully saturated rings. The number of rotatable bonds is 12. The number of nitrogens with one attached hydrogen (secondary N) is 2. The Morgan fingerprint density at radius 1 is 0.613 bits per heavy atom. The van der Waals surface area contributed by atoms with Crippen LogP contribution in [0.4, 0.5) is 0 Å². The van der Waals surface area contributed by atoms with E-state index in [1.807, 2.05) is 36.4 Å². The minimum absolute atomic E-state index is 0.166. The molecular weight excluding hydrogens is 384 g/mol. The summed E-state index contributed by atoms with van der Waals surface area (Å²) in [6.07, 6.45) is 7.42. The van der Waals surface area contributed by atoms with E-state index in [1.54, 1.807) is 0 Å². The van der Waals surface area contributed by atoms with Crippen molar-refractivity contribution in [3.8, 4) is 0 Å². The molecule has 4 nitrogen and oxygen atoms in total. The molecule has 0 aliphatic heterocycles. The van der Waals surface area contributed by atoms with Crippen LogP contribution in [0.25, 0.3) is 0 Å². The Balaban J connectivity index is 0.977. The van der Waals surface area contributed by atoms with Crippen LogP contribution < -0.4 is 10.6 Å². The van der Waals surface area contributed by atoms with Crippen molar-refractivity contribution in [3.63, 3.8) is 0 Å². The third kappa shape index (κ3) is 6.19. The average Bonchev–Trinajstić information content (AvgIpc) is 3.72. The zero-order valence-corrected chi connectivity index (χ0v) is 18.3. The largest absolute Gasteiger partial charge is 0.356 e. The van der Waals surface area contributed by atoms with Crippen molar-refractivity contribution in [1.82, 2.24) is 10.6 Å². The molecule has 0 saturated heterocycles. The maximum atomic E-state index is 12.2. The smallest absolute Gasteiger partial charge is 0.223 e. The van der Waals surface area contributed by atoms with Crippen molar-refractivity contribution in [3.05, 3.63) is 71.8 Å². The highest BCUT2D eigenvalue weighted by atomic mass is 16.2. The van der Waals surface area contributed by atoms with E-state index in [1.165, 1.54) is 11.1 Å². The third-order valence-electron chi connectivity index (χ3n) is 6.66. The highest BCUT2D eigenvalue weighted by Gasteiger charge is 2.44. The maximum Gasteiger partial charge on any atom is 0.223 e. The minimum Gasteiger partial charge on any atom is -0.356 e. The van der Waals surface area contributed by atoms with E-state index in [9.17, 15) is 9.59 Å². The van der Waals surface area contributed by atoms with Gasteiger partial charge in [0.05, 0.1) is 0 Å². The van der Waals surface area contributed by atoms with Gasteiger partial charge in [-0.1, -0.05) is 79.9 Å². The summed E-state index contributed by atoms with van der Waals surface area (Å²) in [7, 11) is 0. The topological polar surface area (TPSA) is 58.2 Å². The molecule has 0 radical (unpaired) electrons. The molecule has 31 heavy (non-hydrogen) atoms. The second kappa shape index (κ2) is 10.6. The molecule has 2 aromatic carbocycles. The summed E-state index contributed by atoms with van der Waals surface area (Å²) < 4.78 is 0. The van der Waals surface area contributed by atoms with Gasteiger partial charge in [0.1, 0.15) is 0 Å². The second-order valence-corrected chi connectivity index (χ2v) is 9.07. The molecule has 0 spiro atoms. The number of carbonyl (C=O) groups excluding carboxylic acids is 2. The van der Waals surface area contributed by atoms with Gasteiger partial charge in [-0.2, -0.15) is 0 Å². The van der Waals surface area contributed by atoms with Crippen molar-refractivity contribution >= 4 is 11.8 Å². The van der Waals surface area contributed by atoms with Crippen LogP contribution in [0.5, 0.6) is 0 Å². The maximum absolute atomic E-state index is 12.2. The Morgan fingerprint density at radius 3 is 1.42 bits per heavy atom. The SMILES string of the molecule is O=C(NCCCCCCCNC(=O)C1CC1c1ccccc1)C1CC1c1ccccc1. The zero-order chi connectivity index (χ0) is 21.5. The molecule has 2 saturated carbocycles. The summed E-state index contributed by atoms with van der Waals surface area (Å²) in [5.74, 6) is 1.58. The molecule has 2 aliphatic carbocycles. The van der Waals surface area contributed by atoms with Crippen LogP contribution in [0.2, 0.25) is 0 Å². The van der Waals surface area contributed by atoms with E-state index in [0.29, 0.717) is 11.8 Å². The van der Waals surface area contributed by atoms with Crippen LogP contribution in [-0.2, 0) is 9.59 Å². The number of benzene rings is 2. The standard InChI is InChI=1S/C27H34N2O2/c30-26(24-18-22(24)20-12-6-4-7-13-20)28-16-10-2-1-3-11-17-29-27(31)25-19-23(25)21-14-8-5-9-15-21/h4-9,12-15,22-25H,1-3,10-11,16-19H2,(H,28,30)(H,29,31). The summed E-state index contributed by atoms with van der Waals surface area (Å²) in [6.45, 7) is 1.55. The summed E-state index contributed by atoms with van der Waals surface area (Å²) in [6, 6.07) is 20.7. The molecule has 4 unspecified atom stereocenters. The molecule has 4 atom stereocenters. The quantitative estimate of drug-likeness (QED) is 0.488. The van der Waals surface area contributed by atoms with Gasteiger partial charge in [-0.05, 0) is 48.6 Å². The molecule has 4 heteroatoms. The second-order valence-electron chi connectivity index (χ2n) is 9.07. The highest BCUT2D eigenvalue weighted by molar-refractivity contribution is 5.83. The molecule has 0 heterocycles. The lowest BCUT2D eigenvalue weighted by Gasteiger charge is -2.07. The van der Waals surface area contributed by atoms with Crippen molar-refractivity contribution in [2.75, 3.05) is 13.1 Å². The first-order valence-electron chi connectivity index (χ1n) is 11.9. The van der Waals surface area contributed by atoms with E-state index in [0.717, 1.165) is 58.0 Å². The molecular formula is C27H34N2O2. The lowest BCUT2D eigenvalue weighted by Crippen LogP contribution is -2.26. The highest BCUT2D eigenvalue weighted by Crippen LogP contribution is 2.48. The number of unbranched alkanes of at least 4 members (excludes halogenated alkanes) is 4. The van der Waals surface area contributed by atoms with E-state index in [4.69, 9.17) is 0 Å². The molecule has 2 aliphatic rings. The van der Waals surface area contributed by atoms with Crippen LogP contribution in [0.15, 0.2) is 60.7 Å². The van der Waals surface area contributed by atoms with Gasteiger partial charge >= 0.3 is 0 Å². The number of amides is 2. The first-order valence-corrected chi connectivity index (χ1v) is 11.9. The average molecular weight is 419 g/mol. The van der Waals surface area contributed by atoms with Crippen molar-refractivity contribution in [1.29, 1.82) is 0 Å². The molecule has 2 amide bonds. The van der Waals surface area contributed by atoms with Gasteiger partial charge in [0.15, 0.2) is 0 Å². The molecule has 0 aromatic heterocycles. The van der Waals surface area contributed by atoms with Crippen LogP contribution in [0.3, 0.4) is 0 Å². The van der Waals surface area contributed by atoms with Gasteiger partial charge in [-0.25, -0.2) is 0 Å². The predicted molar refractivity (Wildman–Crippen MR) is 124 cm³/mol. The van der Waals surface area contributed by atoms with Crippen molar-refractivity contribution in [2.24, 2.45) is 11.8 Å². The van der Waals surface area contributed by atoms with Crippen molar-refractivity contribution < 1.29 is 9.59 Å². The Morgan fingerprint density at radius 2 is 1.00 bits per heavy atom. The summed E-state index contributed by atoms with van der Waals surface area (Å²) in [4.78, 5) is 24.5. The monoisotopic (exact) mass is 418 g/mol. The lowest BCUT2D eigenvalue weighted by atomic mass is 10.1. The Hall–Kier alpha value is -2.62. The summed E-state index contributed by atoms with van der Waals surface area (Å²) in [5.41, 5.74) is 2.57. The number of hydrogen-bond donors (Lipinski definition) is 2. The Kier molecular flexibility index (Phi) is 7.39. The van der Waals surface area contributed by atoms with Crippen LogP contribution in [-0.4, -0.2) is 24.9 Å². The van der Waals surface area contributed by atoms with Gasteiger partial charge < -0.3 is 10.6 Å². The van der Waals surface area contributed by atoms with Crippen LogP contribution in [0.1, 0.15) is 67.9 Å². The third-order valence-corrected chi connectivity index (χ3v) is 6.66. The summed E-state index contributed by atoms with van der Waals surface area (Å²) in [5, 5.41) is 6.20. The van der Waals surface area contributed by atoms with Crippen LogP contribution >= 0.6 is 0 Å². The van der Waals surface area contributed by atoms with Gasteiger partial charge in [0.2, 0.25) is 11.8 Å². The number of hydrogen-bond acceptors (Lipinski definition) is 2. The Labute approximate surface area is 185 Å². The number of carbonyl (C=O) groups is 2. The fourth-order valence-corrected chi connectivity index (χ4v) is 4.57. The zero-order valence-electron chi connectivity index (χ0n) is 18.3.